The van der Waals surface area contributed by atoms with Crippen molar-refractivity contribution in [3.63, 3.8) is 0 Å². The van der Waals surface area contributed by atoms with E-state index in [1.807, 2.05) is 44.2 Å². The van der Waals surface area contributed by atoms with Crippen molar-refractivity contribution in [1.29, 1.82) is 5.26 Å². The SMILES string of the molecule is CC(C)C(NC1CCCCC1)C(=O)OCc1nc(Oc2ccccc2)ccc1C#N. The van der Waals surface area contributed by atoms with Crippen molar-refractivity contribution in [3.05, 3.63) is 53.7 Å². The highest BCUT2D eigenvalue weighted by molar-refractivity contribution is 5.76. The van der Waals surface area contributed by atoms with Crippen LogP contribution in [0.3, 0.4) is 0 Å². The second-order valence-corrected chi connectivity index (χ2v) is 8.00. The highest BCUT2D eigenvalue weighted by Gasteiger charge is 2.27. The Kier molecular flexibility index (Phi) is 7.81. The Labute approximate surface area is 178 Å². The first kappa shape index (κ1) is 21.8. The van der Waals surface area contributed by atoms with Gasteiger partial charge in [-0.2, -0.15) is 5.26 Å². The first-order chi connectivity index (χ1) is 14.6. The van der Waals surface area contributed by atoms with E-state index in [2.05, 4.69) is 16.4 Å². The summed E-state index contributed by atoms with van der Waals surface area (Å²) in [6.45, 7) is 3.95. The Hall–Kier alpha value is -2.91. The lowest BCUT2D eigenvalue weighted by Gasteiger charge is -2.29. The summed E-state index contributed by atoms with van der Waals surface area (Å²) in [5.41, 5.74) is 0.754. The van der Waals surface area contributed by atoms with Crippen LogP contribution < -0.4 is 10.1 Å². The largest absolute Gasteiger partial charge is 0.458 e. The number of carbonyl (C=O) groups excluding carboxylic acids is 1. The molecule has 3 rings (SSSR count). The van der Waals surface area contributed by atoms with Crippen LogP contribution in [0.4, 0.5) is 0 Å². The van der Waals surface area contributed by atoms with Crippen molar-refractivity contribution in [2.75, 3.05) is 0 Å². The molecule has 1 N–H and O–H groups in total. The van der Waals surface area contributed by atoms with Crippen LogP contribution in [0.1, 0.15) is 57.2 Å². The summed E-state index contributed by atoms with van der Waals surface area (Å²) >= 11 is 0. The Morgan fingerprint density at radius 2 is 1.90 bits per heavy atom. The zero-order valence-electron chi connectivity index (χ0n) is 17.6. The van der Waals surface area contributed by atoms with E-state index in [9.17, 15) is 10.1 Å². The number of aromatic nitrogens is 1. The number of esters is 1. The fourth-order valence-electron chi connectivity index (χ4n) is 3.64. The Morgan fingerprint density at radius 1 is 1.17 bits per heavy atom. The molecule has 1 aliphatic rings. The minimum Gasteiger partial charge on any atom is -0.458 e. The van der Waals surface area contributed by atoms with Crippen LogP contribution >= 0.6 is 0 Å². The molecule has 1 saturated carbocycles. The van der Waals surface area contributed by atoms with Gasteiger partial charge in [-0.1, -0.05) is 51.3 Å². The summed E-state index contributed by atoms with van der Waals surface area (Å²) in [6.07, 6.45) is 5.84. The van der Waals surface area contributed by atoms with Crippen LogP contribution in [-0.2, 0) is 16.1 Å². The summed E-state index contributed by atoms with van der Waals surface area (Å²) in [5.74, 6) is 0.799. The summed E-state index contributed by atoms with van der Waals surface area (Å²) in [4.78, 5) is 17.2. The van der Waals surface area contributed by atoms with Gasteiger partial charge in [0, 0.05) is 12.1 Å². The summed E-state index contributed by atoms with van der Waals surface area (Å²) in [6, 6.07) is 14.6. The fraction of sp³-hybridized carbons (Fsp3) is 0.458. The second-order valence-electron chi connectivity index (χ2n) is 8.00. The standard InChI is InChI=1S/C24H29N3O3/c1-17(2)23(26-19-9-5-3-6-10-19)24(28)29-16-21-18(15-25)13-14-22(27-21)30-20-11-7-4-8-12-20/h4,7-8,11-14,17,19,23,26H,3,5-6,9-10,16H2,1-2H3. The summed E-state index contributed by atoms with van der Waals surface area (Å²) < 4.78 is 11.3. The highest BCUT2D eigenvalue weighted by Crippen LogP contribution is 2.22. The minimum atomic E-state index is -0.373. The van der Waals surface area contributed by atoms with Gasteiger partial charge in [0.15, 0.2) is 0 Å². The van der Waals surface area contributed by atoms with Crippen molar-refractivity contribution in [3.8, 4) is 17.7 Å². The molecule has 1 aromatic heterocycles. The average molecular weight is 408 g/mol. The molecule has 1 heterocycles. The molecule has 0 radical (unpaired) electrons. The quantitative estimate of drug-likeness (QED) is 0.637. The molecule has 0 aliphatic heterocycles. The fourth-order valence-corrected chi connectivity index (χ4v) is 3.64. The molecule has 0 bridgehead atoms. The van der Waals surface area contributed by atoms with Crippen molar-refractivity contribution >= 4 is 5.97 Å². The highest BCUT2D eigenvalue weighted by atomic mass is 16.5. The van der Waals surface area contributed by atoms with Gasteiger partial charge in [-0.3, -0.25) is 4.79 Å². The molecular formula is C24H29N3O3. The van der Waals surface area contributed by atoms with E-state index in [0.717, 1.165) is 12.8 Å². The summed E-state index contributed by atoms with van der Waals surface area (Å²) in [5, 5.41) is 12.9. The predicted molar refractivity (Wildman–Crippen MR) is 114 cm³/mol. The van der Waals surface area contributed by atoms with Gasteiger partial charge in [-0.05, 0) is 37.0 Å². The van der Waals surface area contributed by atoms with Crippen LogP contribution in [0, 0.1) is 17.2 Å². The number of rotatable bonds is 8. The maximum atomic E-state index is 12.8. The molecule has 1 aliphatic carbocycles. The molecule has 0 spiro atoms. The summed E-state index contributed by atoms with van der Waals surface area (Å²) in [7, 11) is 0. The lowest BCUT2D eigenvalue weighted by Crippen LogP contribution is -2.47. The van der Waals surface area contributed by atoms with Crippen LogP contribution in [0.15, 0.2) is 42.5 Å². The molecule has 30 heavy (non-hydrogen) atoms. The molecule has 1 atom stereocenters. The number of nitrogens with zero attached hydrogens (tertiary/aromatic N) is 2. The third kappa shape index (κ3) is 6.04. The third-order valence-electron chi connectivity index (χ3n) is 5.33. The lowest BCUT2D eigenvalue weighted by molar-refractivity contribution is -0.149. The van der Waals surface area contributed by atoms with E-state index >= 15 is 0 Å². The third-order valence-corrected chi connectivity index (χ3v) is 5.33. The smallest absolute Gasteiger partial charge is 0.323 e. The normalized spacial score (nSPS) is 15.4. The van der Waals surface area contributed by atoms with Crippen molar-refractivity contribution in [2.45, 2.75) is 64.6 Å². The zero-order chi connectivity index (χ0) is 21.3. The number of carbonyl (C=O) groups is 1. The maximum absolute atomic E-state index is 12.8. The predicted octanol–water partition coefficient (Wildman–Crippen LogP) is 4.74. The van der Waals surface area contributed by atoms with Gasteiger partial charge in [0.2, 0.25) is 5.88 Å². The van der Waals surface area contributed by atoms with Gasteiger partial charge < -0.3 is 14.8 Å². The molecular weight excluding hydrogens is 378 g/mol. The van der Waals surface area contributed by atoms with Crippen molar-refractivity contribution in [2.24, 2.45) is 5.92 Å². The van der Waals surface area contributed by atoms with Gasteiger partial charge in [-0.15, -0.1) is 0 Å². The molecule has 158 valence electrons. The van der Waals surface area contributed by atoms with Crippen LogP contribution in [0.5, 0.6) is 11.6 Å². The van der Waals surface area contributed by atoms with E-state index in [1.165, 1.54) is 19.3 Å². The number of pyridine rings is 1. The van der Waals surface area contributed by atoms with Gasteiger partial charge in [-0.25, -0.2) is 4.98 Å². The number of ether oxygens (including phenoxy) is 2. The van der Waals surface area contributed by atoms with Crippen LogP contribution in [0.25, 0.3) is 0 Å². The first-order valence-electron chi connectivity index (χ1n) is 10.6. The maximum Gasteiger partial charge on any atom is 0.323 e. The van der Waals surface area contributed by atoms with Gasteiger partial charge in [0.25, 0.3) is 0 Å². The van der Waals surface area contributed by atoms with E-state index in [1.54, 1.807) is 12.1 Å². The van der Waals surface area contributed by atoms with E-state index in [4.69, 9.17) is 9.47 Å². The molecule has 6 heteroatoms. The number of nitriles is 1. The molecule has 1 unspecified atom stereocenters. The van der Waals surface area contributed by atoms with Crippen molar-refractivity contribution < 1.29 is 14.3 Å². The van der Waals surface area contributed by atoms with Gasteiger partial charge in [0.05, 0.1) is 11.3 Å². The number of para-hydroxylation sites is 1. The van der Waals surface area contributed by atoms with Crippen molar-refractivity contribution in [1.82, 2.24) is 10.3 Å². The second kappa shape index (κ2) is 10.7. The molecule has 1 fully saturated rings. The van der Waals surface area contributed by atoms with E-state index < -0.39 is 0 Å². The minimum absolute atomic E-state index is 0.0662. The molecule has 0 saturated heterocycles. The average Bonchev–Trinajstić information content (AvgIpc) is 2.77. The molecule has 2 aromatic rings. The Morgan fingerprint density at radius 3 is 2.57 bits per heavy atom. The van der Waals surface area contributed by atoms with Crippen LogP contribution in [-0.4, -0.2) is 23.0 Å². The first-order valence-corrected chi connectivity index (χ1v) is 10.6. The van der Waals surface area contributed by atoms with Gasteiger partial charge >= 0.3 is 5.97 Å². The molecule has 6 nitrogen and oxygen atoms in total. The monoisotopic (exact) mass is 407 g/mol. The number of nitrogens with one attached hydrogen (secondary N) is 1. The molecule has 0 amide bonds. The van der Waals surface area contributed by atoms with Crippen LogP contribution in [0.2, 0.25) is 0 Å². The lowest BCUT2D eigenvalue weighted by atomic mass is 9.93. The van der Waals surface area contributed by atoms with E-state index in [-0.39, 0.29) is 24.5 Å². The molecule has 1 aromatic carbocycles. The Balaban J connectivity index is 1.65. The number of hydrogen-bond donors (Lipinski definition) is 1. The van der Waals surface area contributed by atoms with E-state index in [0.29, 0.717) is 28.9 Å². The topological polar surface area (TPSA) is 84.2 Å². The number of benzene rings is 1. The number of hydrogen-bond acceptors (Lipinski definition) is 6. The Bertz CT molecular complexity index is 871. The van der Waals surface area contributed by atoms with Gasteiger partial charge in [0.1, 0.15) is 24.5 Å². The zero-order valence-corrected chi connectivity index (χ0v) is 17.6.